The van der Waals surface area contributed by atoms with Crippen LogP contribution in [0.15, 0.2) is 0 Å². The van der Waals surface area contributed by atoms with Gasteiger partial charge in [-0.05, 0) is 181 Å². The first kappa shape index (κ1) is 61.6. The van der Waals surface area contributed by atoms with Gasteiger partial charge in [-0.3, -0.25) is 0 Å². The average molecular weight is 1050 g/mol. The van der Waals surface area contributed by atoms with E-state index >= 15 is 0 Å². The zero-order chi connectivity index (χ0) is 63.4. The van der Waals surface area contributed by atoms with E-state index < -0.39 is 12.7 Å². The molecule has 446 valence electrons. The van der Waals surface area contributed by atoms with Gasteiger partial charge in [0.05, 0.1) is 0 Å². The largest absolute Gasteiger partial charge is 0.0651 e. The summed E-state index contributed by atoms with van der Waals surface area (Å²) in [5, 5.41) is 0. The van der Waals surface area contributed by atoms with Crippen molar-refractivity contribution in [3.05, 3.63) is 0 Å². The maximum atomic E-state index is 7.63. The predicted octanol–water partition coefficient (Wildman–Crippen LogP) is 27.0. The Hall–Kier alpha value is 0. The molecule has 3 spiro atoms. The molecule has 74 heavy (non-hydrogen) atoms. The SMILES string of the molecule is CC(C)(C)C.CC1CCC2(CC1)CC(C)(C)CC(C)(C)C2.CC1CCC2(CC1)CCC(C)(C)CC2.CC1CCC2(CCCC2)CC1.[2H]C(C)(C)C.[2H]C([2H])(C)C(C)(C)C.[2H]C([2H])(C)C(C)C.[2H]C1(C)CCCC1.[2H]C1(C)CCCCC1. The third-order valence-electron chi connectivity index (χ3n) is 18.5. The average Bonchev–Trinajstić information content (AvgIpc) is 3.91. The van der Waals surface area contributed by atoms with Gasteiger partial charge in [-0.25, -0.2) is 0 Å². The zero-order valence-corrected chi connectivity index (χ0v) is 56.4. The van der Waals surface area contributed by atoms with Crippen molar-refractivity contribution in [2.75, 3.05) is 0 Å². The van der Waals surface area contributed by atoms with Gasteiger partial charge >= 0.3 is 0 Å². The molecule has 0 heteroatoms. The van der Waals surface area contributed by atoms with Crippen LogP contribution in [-0.4, -0.2) is 0 Å². The van der Waals surface area contributed by atoms with E-state index in [-0.39, 0.29) is 29.0 Å². The molecule has 8 aliphatic carbocycles. The monoisotopic (exact) mass is 1050 g/mol. The molecule has 0 aliphatic heterocycles. The van der Waals surface area contributed by atoms with E-state index in [0.29, 0.717) is 27.1 Å². The minimum atomic E-state index is -1.06. The van der Waals surface area contributed by atoms with Gasteiger partial charge in [0.1, 0.15) is 0 Å². The topological polar surface area (TPSA) is 0 Å². The second-order valence-electron chi connectivity index (χ2n) is 33.4. The second-order valence-corrected chi connectivity index (χ2v) is 33.4. The molecule has 0 bridgehead atoms. The smallest absolute Gasteiger partial charge is 0.0300 e. The molecule has 0 unspecified atom stereocenters. The molecule has 8 saturated carbocycles. The highest BCUT2D eigenvalue weighted by molar-refractivity contribution is 4.99. The lowest BCUT2D eigenvalue weighted by atomic mass is 9.51. The highest BCUT2D eigenvalue weighted by Crippen LogP contribution is 2.60. The summed E-state index contributed by atoms with van der Waals surface area (Å²) in [6.07, 6.45) is 43.5. The molecule has 8 rings (SSSR count). The first-order valence-corrected chi connectivity index (χ1v) is 32.7. The number of hydrogen-bond acceptors (Lipinski definition) is 0. The lowest BCUT2D eigenvalue weighted by Gasteiger charge is -2.54. The van der Waals surface area contributed by atoms with Crippen molar-refractivity contribution in [2.24, 2.45) is 84.7 Å². The van der Waals surface area contributed by atoms with Crippen LogP contribution in [0.5, 0.6) is 0 Å². The summed E-state index contributed by atoms with van der Waals surface area (Å²) < 4.78 is 50.7. The molecule has 0 nitrogen and oxygen atoms in total. The number of hydrogen-bond donors (Lipinski definition) is 0. The molecule has 0 radical (unpaired) electrons. The van der Waals surface area contributed by atoms with Gasteiger partial charge in [0.2, 0.25) is 0 Å². The second kappa shape index (κ2) is 35.7. The van der Waals surface area contributed by atoms with Gasteiger partial charge in [-0.15, -0.1) is 0 Å². The quantitative estimate of drug-likeness (QED) is 0.246. The van der Waals surface area contributed by atoms with E-state index in [1.165, 1.54) is 154 Å². The summed E-state index contributed by atoms with van der Waals surface area (Å²) in [6, 6.07) is 0. The van der Waals surface area contributed by atoms with Crippen LogP contribution in [0, 0.1) is 84.7 Å². The maximum Gasteiger partial charge on any atom is 0.0300 e. The Bertz CT molecular complexity index is 1530. The molecule has 0 saturated heterocycles. The molecule has 0 N–H and O–H groups in total. The van der Waals surface area contributed by atoms with Crippen LogP contribution in [0.2, 0.25) is 0 Å². The van der Waals surface area contributed by atoms with E-state index in [2.05, 4.69) is 90.0 Å². The Morgan fingerprint density at radius 3 is 0.905 bits per heavy atom. The predicted molar refractivity (Wildman–Crippen MR) is 343 cm³/mol. The molecule has 8 aliphatic rings. The van der Waals surface area contributed by atoms with Crippen molar-refractivity contribution in [2.45, 2.75) is 391 Å². The summed E-state index contributed by atoms with van der Waals surface area (Å²) in [4.78, 5) is 0. The van der Waals surface area contributed by atoms with Crippen LogP contribution in [-0.2, 0) is 0 Å². The standard InChI is InChI=1S/C16H30.C14H26.C11H20.C7H14.C6H12.C6H14.2C5H12.C4H10/c1-13-6-8-16(9-7-13)11-14(2,3)10-15(4,5)12-16;1-12-4-6-14(7-5-12)10-8-13(2,3)9-11-14;1-10-4-8-11(9-5-10)6-2-3-7-11;1-7-5-3-2-4-6-7;1-6-4-2-3-5-6;1-5-6(2,3)4;1-5(2,3)4;1-4-5(2)3;1-4(2)3/h13H,6-12H2,1-5H3;12H,4-11H2,1-3H3;10H,2-9H2,1H3;7H,2-6H2,1H3;6H,2-5H2,1H3;5H2,1-4H3;1-4H3;5H,4H2,1-3H3;4H,1-3H3/i;;;7D;6D;5D2;;4D2;4D. The fraction of sp³-hybridized carbons (Fsp3) is 1.00. The lowest BCUT2D eigenvalue weighted by Crippen LogP contribution is -2.43. The van der Waals surface area contributed by atoms with Crippen molar-refractivity contribution in [3.8, 4) is 0 Å². The van der Waals surface area contributed by atoms with Crippen molar-refractivity contribution in [1.82, 2.24) is 0 Å². The van der Waals surface area contributed by atoms with Crippen LogP contribution >= 0.6 is 0 Å². The third kappa shape index (κ3) is 38.6. The van der Waals surface area contributed by atoms with E-state index in [1.807, 2.05) is 69.2 Å². The van der Waals surface area contributed by atoms with E-state index in [9.17, 15) is 0 Å². The molecule has 0 aromatic carbocycles. The highest BCUT2D eigenvalue weighted by atomic mass is 14.5. The van der Waals surface area contributed by atoms with Crippen LogP contribution in [0.4, 0.5) is 0 Å². The summed E-state index contributed by atoms with van der Waals surface area (Å²) in [5.74, 6) is 2.78. The van der Waals surface area contributed by atoms with Crippen LogP contribution < -0.4 is 0 Å². The molecule has 8 fully saturated rings. The molecular formula is C74H150. The first-order chi connectivity index (χ1) is 36.2. The van der Waals surface area contributed by atoms with Gasteiger partial charge < -0.3 is 0 Å². The molecule has 0 aromatic rings. The number of rotatable bonds is 1. The van der Waals surface area contributed by atoms with Crippen LogP contribution in [0.3, 0.4) is 0 Å². The van der Waals surface area contributed by atoms with Gasteiger partial charge in [0.25, 0.3) is 0 Å². The van der Waals surface area contributed by atoms with E-state index in [0.717, 1.165) is 54.3 Å². The summed E-state index contributed by atoms with van der Waals surface area (Å²) >= 11 is 0. The Kier molecular flexibility index (Phi) is 29.7. The van der Waals surface area contributed by atoms with Crippen molar-refractivity contribution >= 4 is 0 Å². The Morgan fingerprint density at radius 1 is 0.405 bits per heavy atom. The maximum absolute atomic E-state index is 7.63. The van der Waals surface area contributed by atoms with Gasteiger partial charge in [0, 0.05) is 9.60 Å². The third-order valence-corrected chi connectivity index (χ3v) is 18.5. The van der Waals surface area contributed by atoms with E-state index in [1.54, 1.807) is 39.5 Å². The van der Waals surface area contributed by atoms with Crippen molar-refractivity contribution in [1.29, 1.82) is 0 Å². The Morgan fingerprint density at radius 2 is 0.662 bits per heavy atom. The Balaban J connectivity index is 0.000000915. The zero-order valence-electron chi connectivity index (χ0n) is 63.4. The van der Waals surface area contributed by atoms with Crippen LogP contribution in [0.1, 0.15) is 401 Å². The normalized spacial score (nSPS) is 27.9. The van der Waals surface area contributed by atoms with Gasteiger partial charge in [-0.1, -0.05) is 295 Å². The molecule has 0 heterocycles. The summed E-state index contributed by atoms with van der Waals surface area (Å²) in [6.45, 7) is 53.2. The summed E-state index contributed by atoms with van der Waals surface area (Å²) in [7, 11) is 0. The fourth-order valence-electron chi connectivity index (χ4n) is 13.7. The Labute approximate surface area is 483 Å². The van der Waals surface area contributed by atoms with Gasteiger partial charge in [-0.2, -0.15) is 0 Å². The fourth-order valence-corrected chi connectivity index (χ4v) is 13.7. The highest BCUT2D eigenvalue weighted by Gasteiger charge is 2.48. The molecule has 0 aromatic heterocycles. The van der Waals surface area contributed by atoms with Crippen molar-refractivity contribution < 1.29 is 9.60 Å². The van der Waals surface area contributed by atoms with Gasteiger partial charge in [0.15, 0.2) is 0 Å². The van der Waals surface area contributed by atoms with E-state index in [4.69, 9.17) is 9.60 Å². The van der Waals surface area contributed by atoms with Crippen molar-refractivity contribution in [3.63, 3.8) is 0 Å². The molecule has 0 amide bonds. The lowest BCUT2D eigenvalue weighted by molar-refractivity contribution is -0.0321. The minimum absolute atomic E-state index is 0.0556. The molecular weight excluding hydrogens is 889 g/mol. The van der Waals surface area contributed by atoms with Crippen LogP contribution in [0.25, 0.3) is 0 Å². The summed E-state index contributed by atoms with van der Waals surface area (Å²) in [5.41, 5.74) is 4.41. The molecule has 0 atom stereocenters. The first-order valence-electron chi connectivity index (χ1n) is 36.2. The minimum Gasteiger partial charge on any atom is -0.0651 e.